The van der Waals surface area contributed by atoms with Gasteiger partial charge in [0.05, 0.1) is 12.5 Å². The standard InChI is InChI=1S/C26H38N4O6/c1-2-3-10-29(13-9-27)24(32)16-30-15-19(18-6-7-21-22(14-18)36-17-35-21)25(26(33)34)20(30)8-12-28-11-4-5-23(28)31/h6-7,14,19-20,25H,2-5,8-13,15-17,27H2,1H3,(H,33,34)/t19-,20+,25?/m1/s1. The van der Waals surface area contributed by atoms with Crippen LogP contribution in [0, 0.1) is 5.92 Å². The monoisotopic (exact) mass is 502 g/mol. The summed E-state index contributed by atoms with van der Waals surface area (Å²) in [6.07, 6.45) is 3.74. The maximum atomic E-state index is 13.3. The zero-order chi connectivity index (χ0) is 25.7. The molecule has 2 saturated heterocycles. The average Bonchev–Trinajstić information content (AvgIpc) is 3.58. The van der Waals surface area contributed by atoms with Crippen molar-refractivity contribution in [1.29, 1.82) is 0 Å². The van der Waals surface area contributed by atoms with Gasteiger partial charge in [-0.25, -0.2) is 0 Å². The first-order valence-corrected chi connectivity index (χ1v) is 13.0. The number of unbranched alkanes of at least 4 members (excludes halogenated alkanes) is 1. The first-order chi connectivity index (χ1) is 17.4. The molecular formula is C26H38N4O6. The van der Waals surface area contributed by atoms with Crippen LogP contribution in [0.4, 0.5) is 0 Å². The van der Waals surface area contributed by atoms with Crippen molar-refractivity contribution in [1.82, 2.24) is 14.7 Å². The van der Waals surface area contributed by atoms with Crippen LogP contribution in [0.25, 0.3) is 0 Å². The first kappa shape index (κ1) is 26.2. The van der Waals surface area contributed by atoms with Crippen LogP contribution < -0.4 is 15.2 Å². The minimum Gasteiger partial charge on any atom is -0.481 e. The molecular weight excluding hydrogens is 464 g/mol. The predicted molar refractivity (Wildman–Crippen MR) is 133 cm³/mol. The summed E-state index contributed by atoms with van der Waals surface area (Å²) in [5.41, 5.74) is 6.62. The van der Waals surface area contributed by atoms with Crippen molar-refractivity contribution >= 4 is 17.8 Å². The van der Waals surface area contributed by atoms with Crippen molar-refractivity contribution in [2.45, 2.75) is 51.0 Å². The fourth-order valence-electron chi connectivity index (χ4n) is 5.70. The van der Waals surface area contributed by atoms with E-state index >= 15 is 0 Å². The molecule has 10 heteroatoms. The van der Waals surface area contributed by atoms with Crippen molar-refractivity contribution in [3.8, 4) is 11.5 Å². The topological polar surface area (TPSA) is 126 Å². The lowest BCUT2D eigenvalue weighted by Gasteiger charge is -2.30. The van der Waals surface area contributed by atoms with Crippen LogP contribution >= 0.6 is 0 Å². The molecule has 3 aliphatic rings. The van der Waals surface area contributed by atoms with Gasteiger partial charge in [-0.1, -0.05) is 19.4 Å². The van der Waals surface area contributed by atoms with Crippen molar-refractivity contribution < 1.29 is 29.0 Å². The Balaban J connectivity index is 1.57. The zero-order valence-corrected chi connectivity index (χ0v) is 21.1. The molecule has 0 saturated carbocycles. The summed E-state index contributed by atoms with van der Waals surface area (Å²) in [5, 5.41) is 10.3. The third-order valence-corrected chi connectivity index (χ3v) is 7.60. The third-order valence-electron chi connectivity index (χ3n) is 7.60. The van der Waals surface area contributed by atoms with Gasteiger partial charge >= 0.3 is 5.97 Å². The molecule has 3 atom stereocenters. The Morgan fingerprint density at radius 2 is 2.03 bits per heavy atom. The Morgan fingerprint density at radius 3 is 2.72 bits per heavy atom. The Labute approximate surface area is 212 Å². The molecule has 1 aromatic rings. The predicted octanol–water partition coefficient (Wildman–Crippen LogP) is 1.48. The van der Waals surface area contributed by atoms with Crippen molar-refractivity contribution in [2.75, 3.05) is 52.6 Å². The fourth-order valence-corrected chi connectivity index (χ4v) is 5.70. The largest absolute Gasteiger partial charge is 0.481 e. The van der Waals surface area contributed by atoms with Crippen molar-refractivity contribution in [3.05, 3.63) is 23.8 Å². The van der Waals surface area contributed by atoms with E-state index in [0.29, 0.717) is 63.6 Å². The number of fused-ring (bicyclic) bond motifs is 1. The molecule has 2 fully saturated rings. The first-order valence-electron chi connectivity index (χ1n) is 13.0. The lowest BCUT2D eigenvalue weighted by Crippen LogP contribution is -2.46. The van der Waals surface area contributed by atoms with Gasteiger partial charge in [0.15, 0.2) is 11.5 Å². The molecule has 0 aromatic heterocycles. The molecule has 3 N–H and O–H groups in total. The SMILES string of the molecule is CCCCN(CCN)C(=O)CN1C[C@H](c2ccc3c(c2)OCO3)C(C(=O)O)[C@@H]1CCN1CCCC1=O. The number of carboxylic acids is 1. The van der Waals surface area contributed by atoms with Gasteiger partial charge in [-0.05, 0) is 37.0 Å². The van der Waals surface area contributed by atoms with Gasteiger partial charge in [-0.15, -0.1) is 0 Å². The van der Waals surface area contributed by atoms with Gasteiger partial charge in [-0.2, -0.15) is 0 Å². The molecule has 1 unspecified atom stereocenters. The summed E-state index contributed by atoms with van der Waals surface area (Å²) in [6.45, 7) is 5.49. The quantitative estimate of drug-likeness (QED) is 0.440. The van der Waals surface area contributed by atoms with Crippen LogP contribution in [0.5, 0.6) is 11.5 Å². The van der Waals surface area contributed by atoms with E-state index in [-0.39, 0.29) is 37.1 Å². The second-order valence-electron chi connectivity index (χ2n) is 9.88. The molecule has 2 amide bonds. The molecule has 0 aliphatic carbocycles. The lowest BCUT2D eigenvalue weighted by molar-refractivity contribution is -0.144. The van der Waals surface area contributed by atoms with E-state index in [1.54, 1.807) is 4.90 Å². The Bertz CT molecular complexity index is 956. The number of carboxylic acid groups (broad SMARTS) is 1. The van der Waals surface area contributed by atoms with E-state index in [1.165, 1.54) is 0 Å². The number of hydrogen-bond acceptors (Lipinski definition) is 7. The number of rotatable bonds is 12. The van der Waals surface area contributed by atoms with Crippen molar-refractivity contribution in [2.24, 2.45) is 11.7 Å². The maximum absolute atomic E-state index is 13.3. The number of carbonyl (C=O) groups is 3. The summed E-state index contributed by atoms with van der Waals surface area (Å²) in [7, 11) is 0. The zero-order valence-electron chi connectivity index (χ0n) is 21.1. The van der Waals surface area contributed by atoms with E-state index in [0.717, 1.165) is 24.8 Å². The second kappa shape index (κ2) is 11.9. The maximum Gasteiger partial charge on any atom is 0.308 e. The highest BCUT2D eigenvalue weighted by Crippen LogP contribution is 2.42. The Hall–Kier alpha value is -2.85. The van der Waals surface area contributed by atoms with Crippen LogP contribution in [-0.4, -0.2) is 96.2 Å². The summed E-state index contributed by atoms with van der Waals surface area (Å²) >= 11 is 0. The molecule has 10 nitrogen and oxygen atoms in total. The average molecular weight is 503 g/mol. The number of hydrogen-bond donors (Lipinski definition) is 2. The molecule has 1 aromatic carbocycles. The van der Waals surface area contributed by atoms with Gasteiger partial charge in [-0.3, -0.25) is 19.3 Å². The number of nitrogens with two attached hydrogens (primary N) is 1. The van der Waals surface area contributed by atoms with Crippen molar-refractivity contribution in [3.63, 3.8) is 0 Å². The van der Waals surface area contributed by atoms with Gasteiger partial charge in [0.25, 0.3) is 0 Å². The van der Waals surface area contributed by atoms with Crippen LogP contribution in [0.15, 0.2) is 18.2 Å². The van der Waals surface area contributed by atoms with Crippen LogP contribution in [0.2, 0.25) is 0 Å². The lowest BCUT2D eigenvalue weighted by atomic mass is 9.84. The van der Waals surface area contributed by atoms with Gasteiger partial charge < -0.3 is 30.1 Å². The highest BCUT2D eigenvalue weighted by molar-refractivity contribution is 5.79. The minimum absolute atomic E-state index is 0.0355. The number of likely N-dealkylation sites (tertiary alicyclic amines) is 2. The summed E-state index contributed by atoms with van der Waals surface area (Å²) in [6, 6.07) is 5.19. The van der Waals surface area contributed by atoms with E-state index in [2.05, 4.69) is 6.92 Å². The van der Waals surface area contributed by atoms with Crippen LogP contribution in [0.1, 0.15) is 50.5 Å². The number of amides is 2. The Morgan fingerprint density at radius 1 is 1.22 bits per heavy atom. The molecule has 0 radical (unpaired) electrons. The van der Waals surface area contributed by atoms with Gasteiger partial charge in [0.1, 0.15) is 0 Å². The van der Waals surface area contributed by atoms with E-state index in [4.69, 9.17) is 15.2 Å². The third kappa shape index (κ3) is 5.75. The van der Waals surface area contributed by atoms with Crippen LogP contribution in [0.3, 0.4) is 0 Å². The highest BCUT2D eigenvalue weighted by atomic mass is 16.7. The second-order valence-corrected chi connectivity index (χ2v) is 9.88. The molecule has 198 valence electrons. The van der Waals surface area contributed by atoms with E-state index < -0.39 is 11.9 Å². The molecule has 3 aliphatic heterocycles. The smallest absolute Gasteiger partial charge is 0.308 e. The number of carbonyl (C=O) groups excluding carboxylic acids is 2. The normalized spacial score (nSPS) is 23.4. The number of nitrogens with zero attached hydrogens (tertiary/aromatic N) is 3. The molecule has 0 spiro atoms. The van der Waals surface area contributed by atoms with Crippen LogP contribution in [-0.2, 0) is 14.4 Å². The molecule has 0 bridgehead atoms. The van der Waals surface area contributed by atoms with Gasteiger partial charge in [0, 0.05) is 57.6 Å². The number of aliphatic carboxylic acids is 1. The minimum atomic E-state index is -0.893. The number of benzene rings is 1. The van der Waals surface area contributed by atoms with E-state index in [1.807, 2.05) is 28.0 Å². The number of ether oxygens (including phenoxy) is 2. The molecule has 4 rings (SSSR count). The summed E-state index contributed by atoms with van der Waals surface area (Å²) in [4.78, 5) is 43.7. The molecule has 3 heterocycles. The van der Waals surface area contributed by atoms with E-state index in [9.17, 15) is 19.5 Å². The fraction of sp³-hybridized carbons (Fsp3) is 0.654. The Kier molecular flexibility index (Phi) is 8.68. The summed E-state index contributed by atoms with van der Waals surface area (Å²) in [5.74, 6) is -0.588. The summed E-state index contributed by atoms with van der Waals surface area (Å²) < 4.78 is 11.0. The highest BCUT2D eigenvalue weighted by Gasteiger charge is 2.47. The molecule has 36 heavy (non-hydrogen) atoms. The van der Waals surface area contributed by atoms with Gasteiger partial charge in [0.2, 0.25) is 18.6 Å².